The minimum absolute atomic E-state index is 0.190. The number of carbonyl (C=O) groups is 1. The molecule has 0 amide bonds. The lowest BCUT2D eigenvalue weighted by Gasteiger charge is -2.29. The fraction of sp³-hybridized carbons (Fsp3) is 0.231. The zero-order valence-corrected chi connectivity index (χ0v) is 11.1. The van der Waals surface area contributed by atoms with Crippen molar-refractivity contribution in [2.75, 3.05) is 18.1 Å². The second-order valence-electron chi connectivity index (χ2n) is 4.23. The Bertz CT molecular complexity index is 639. The summed E-state index contributed by atoms with van der Waals surface area (Å²) in [6.07, 6.45) is 0. The number of benzene rings is 1. The summed E-state index contributed by atoms with van der Waals surface area (Å²) in [6.45, 7) is 3.06. The number of hydrogen-bond donors (Lipinski definition) is 1. The van der Waals surface area contributed by atoms with Crippen LogP contribution in [-0.4, -0.2) is 29.2 Å². The topological polar surface area (TPSA) is 62.7 Å². The summed E-state index contributed by atoms with van der Waals surface area (Å²) in [4.78, 5) is 17.7. The largest absolute Gasteiger partial charge is 0.489 e. The fourth-order valence-corrected chi connectivity index (χ4v) is 2.92. The molecule has 6 heteroatoms. The van der Waals surface area contributed by atoms with Crippen LogP contribution in [0.5, 0.6) is 5.75 Å². The van der Waals surface area contributed by atoms with Crippen LogP contribution in [0.15, 0.2) is 23.6 Å². The van der Waals surface area contributed by atoms with Crippen LogP contribution in [-0.2, 0) is 0 Å². The SMILES string of the molecule is Cc1csc(N2CCOc3c(C(=O)O)cccc32)n1. The number of carboxylic acid groups (broad SMARTS) is 1. The Labute approximate surface area is 114 Å². The number of rotatable bonds is 2. The Morgan fingerprint density at radius 3 is 3.05 bits per heavy atom. The van der Waals surface area contributed by atoms with Crippen molar-refractivity contribution < 1.29 is 14.6 Å². The standard InChI is InChI=1S/C13H12N2O3S/c1-8-7-19-13(14-8)15-5-6-18-11-9(12(16)17)3-2-4-10(11)15/h2-4,7H,5-6H2,1H3,(H,16,17). The van der Waals surface area contributed by atoms with E-state index >= 15 is 0 Å². The summed E-state index contributed by atoms with van der Waals surface area (Å²) in [5, 5.41) is 12.0. The molecule has 0 unspecified atom stereocenters. The van der Waals surface area contributed by atoms with E-state index in [0.29, 0.717) is 18.9 Å². The van der Waals surface area contributed by atoms with E-state index in [4.69, 9.17) is 4.74 Å². The molecule has 1 N–H and O–H groups in total. The molecule has 1 aliphatic rings. The number of anilines is 2. The molecular weight excluding hydrogens is 264 g/mol. The predicted octanol–water partition coefficient (Wildman–Crippen LogP) is 2.68. The minimum atomic E-state index is -0.978. The van der Waals surface area contributed by atoms with Crippen molar-refractivity contribution in [2.45, 2.75) is 6.92 Å². The molecule has 98 valence electrons. The van der Waals surface area contributed by atoms with E-state index in [0.717, 1.165) is 16.5 Å². The van der Waals surface area contributed by atoms with E-state index in [-0.39, 0.29) is 5.56 Å². The Kier molecular flexibility index (Phi) is 2.87. The highest BCUT2D eigenvalue weighted by atomic mass is 32.1. The molecule has 1 aromatic carbocycles. The van der Waals surface area contributed by atoms with E-state index in [9.17, 15) is 9.90 Å². The Hall–Kier alpha value is -2.08. The van der Waals surface area contributed by atoms with Gasteiger partial charge in [0, 0.05) is 5.38 Å². The number of aromatic nitrogens is 1. The van der Waals surface area contributed by atoms with Crippen LogP contribution in [0.2, 0.25) is 0 Å². The number of thiazole rings is 1. The summed E-state index contributed by atoms with van der Waals surface area (Å²) >= 11 is 1.55. The molecule has 0 fully saturated rings. The number of hydrogen-bond acceptors (Lipinski definition) is 5. The van der Waals surface area contributed by atoms with Gasteiger partial charge in [-0.3, -0.25) is 0 Å². The van der Waals surface area contributed by atoms with E-state index in [1.807, 2.05) is 23.3 Å². The highest BCUT2D eigenvalue weighted by Gasteiger charge is 2.25. The first kappa shape index (κ1) is 12.0. The molecule has 0 bridgehead atoms. The molecule has 3 rings (SSSR count). The molecule has 5 nitrogen and oxygen atoms in total. The van der Waals surface area contributed by atoms with E-state index in [1.165, 1.54) is 0 Å². The zero-order valence-electron chi connectivity index (χ0n) is 10.3. The smallest absolute Gasteiger partial charge is 0.339 e. The van der Waals surface area contributed by atoms with Crippen LogP contribution in [0, 0.1) is 6.92 Å². The lowest BCUT2D eigenvalue weighted by Crippen LogP contribution is -2.29. The van der Waals surface area contributed by atoms with Gasteiger partial charge in [0.25, 0.3) is 0 Å². The lowest BCUT2D eigenvalue weighted by atomic mass is 10.1. The number of aryl methyl sites for hydroxylation is 1. The summed E-state index contributed by atoms with van der Waals surface area (Å²) < 4.78 is 5.53. The van der Waals surface area contributed by atoms with Crippen molar-refractivity contribution >= 4 is 28.1 Å². The van der Waals surface area contributed by atoms with Crippen LogP contribution in [0.4, 0.5) is 10.8 Å². The van der Waals surface area contributed by atoms with Gasteiger partial charge in [0.15, 0.2) is 10.9 Å². The van der Waals surface area contributed by atoms with Gasteiger partial charge >= 0.3 is 5.97 Å². The summed E-state index contributed by atoms with van der Waals surface area (Å²) in [7, 11) is 0. The quantitative estimate of drug-likeness (QED) is 0.913. The molecule has 0 spiro atoms. The molecule has 0 radical (unpaired) electrons. The number of fused-ring (bicyclic) bond motifs is 1. The molecule has 0 aliphatic carbocycles. The van der Waals surface area contributed by atoms with Gasteiger partial charge in [0.1, 0.15) is 12.2 Å². The van der Waals surface area contributed by atoms with Crippen molar-refractivity contribution in [1.82, 2.24) is 4.98 Å². The molecule has 0 saturated heterocycles. The Morgan fingerprint density at radius 2 is 2.37 bits per heavy atom. The van der Waals surface area contributed by atoms with E-state index in [2.05, 4.69) is 4.98 Å². The van der Waals surface area contributed by atoms with Gasteiger partial charge in [-0.05, 0) is 19.1 Å². The molecular formula is C13H12N2O3S. The maximum Gasteiger partial charge on any atom is 0.339 e. The summed E-state index contributed by atoms with van der Waals surface area (Å²) in [6, 6.07) is 5.14. The first-order chi connectivity index (χ1) is 9.16. The normalized spacial score (nSPS) is 13.8. The first-order valence-corrected chi connectivity index (χ1v) is 6.73. The average Bonchev–Trinajstić information content (AvgIpc) is 2.83. The third-order valence-electron chi connectivity index (χ3n) is 2.91. The number of para-hydroxylation sites is 1. The van der Waals surface area contributed by atoms with Crippen LogP contribution in [0.1, 0.15) is 16.1 Å². The molecule has 2 aromatic rings. The first-order valence-electron chi connectivity index (χ1n) is 5.85. The highest BCUT2D eigenvalue weighted by molar-refractivity contribution is 7.13. The number of carboxylic acids is 1. The second kappa shape index (κ2) is 4.55. The minimum Gasteiger partial charge on any atom is -0.489 e. The van der Waals surface area contributed by atoms with Crippen molar-refractivity contribution in [3.8, 4) is 5.75 Å². The number of aromatic carboxylic acids is 1. The fourth-order valence-electron chi connectivity index (χ4n) is 2.08. The molecule has 0 saturated carbocycles. The van der Waals surface area contributed by atoms with Gasteiger partial charge in [-0.2, -0.15) is 0 Å². The van der Waals surface area contributed by atoms with Crippen LogP contribution in [0.3, 0.4) is 0 Å². The number of ether oxygens (including phenoxy) is 1. The average molecular weight is 276 g/mol. The molecule has 2 heterocycles. The van der Waals surface area contributed by atoms with Crippen molar-refractivity contribution in [2.24, 2.45) is 0 Å². The van der Waals surface area contributed by atoms with Gasteiger partial charge < -0.3 is 14.7 Å². The predicted molar refractivity (Wildman–Crippen MR) is 72.8 cm³/mol. The van der Waals surface area contributed by atoms with Gasteiger partial charge in [-0.25, -0.2) is 9.78 Å². The lowest BCUT2D eigenvalue weighted by molar-refractivity contribution is 0.0692. The monoisotopic (exact) mass is 276 g/mol. The highest BCUT2D eigenvalue weighted by Crippen LogP contribution is 2.39. The zero-order chi connectivity index (χ0) is 13.4. The maximum atomic E-state index is 11.2. The summed E-state index contributed by atoms with van der Waals surface area (Å²) in [5.74, 6) is -0.553. The molecule has 1 aromatic heterocycles. The van der Waals surface area contributed by atoms with Crippen LogP contribution >= 0.6 is 11.3 Å². The Morgan fingerprint density at radius 1 is 1.53 bits per heavy atom. The third kappa shape index (κ3) is 2.04. The van der Waals surface area contributed by atoms with Gasteiger partial charge in [-0.1, -0.05) is 6.07 Å². The van der Waals surface area contributed by atoms with Crippen molar-refractivity contribution in [1.29, 1.82) is 0 Å². The summed E-state index contributed by atoms with van der Waals surface area (Å²) in [5.41, 5.74) is 1.92. The van der Waals surface area contributed by atoms with Crippen LogP contribution in [0.25, 0.3) is 0 Å². The molecule has 0 atom stereocenters. The molecule has 1 aliphatic heterocycles. The van der Waals surface area contributed by atoms with Gasteiger partial charge in [0.05, 0.1) is 17.9 Å². The number of nitrogens with zero attached hydrogens (tertiary/aromatic N) is 2. The van der Waals surface area contributed by atoms with Gasteiger partial charge in [0.2, 0.25) is 0 Å². The molecule has 19 heavy (non-hydrogen) atoms. The van der Waals surface area contributed by atoms with Crippen molar-refractivity contribution in [3.05, 3.63) is 34.8 Å². The third-order valence-corrected chi connectivity index (χ3v) is 3.90. The second-order valence-corrected chi connectivity index (χ2v) is 5.07. The van der Waals surface area contributed by atoms with E-state index in [1.54, 1.807) is 23.5 Å². The Balaban J connectivity index is 2.10. The van der Waals surface area contributed by atoms with Gasteiger partial charge in [-0.15, -0.1) is 11.3 Å². The maximum absolute atomic E-state index is 11.2. The van der Waals surface area contributed by atoms with E-state index < -0.39 is 5.97 Å². The van der Waals surface area contributed by atoms with Crippen LogP contribution < -0.4 is 9.64 Å². The van der Waals surface area contributed by atoms with Crippen molar-refractivity contribution in [3.63, 3.8) is 0 Å².